The number of allylic oxidation sites excluding steroid dienone is 1. The number of nitriles is 1. The number of H-pyrrole nitrogens is 2. The molecule has 0 saturated carbocycles. The number of hydrogen-bond acceptors (Lipinski definition) is 5. The molecular weight excluding hydrogens is 284 g/mol. The summed E-state index contributed by atoms with van der Waals surface area (Å²) in [5.41, 5.74) is 5.80. The number of nitrogens with zero attached hydrogens (tertiary/aromatic N) is 1. The van der Waals surface area contributed by atoms with Crippen molar-refractivity contribution in [3.63, 3.8) is 0 Å². The normalized spacial score (nSPS) is 16.6. The quantitative estimate of drug-likeness (QED) is 0.743. The van der Waals surface area contributed by atoms with Crippen LogP contribution in [0.4, 0.5) is 0 Å². The topological polar surface area (TPSA) is 125 Å². The lowest BCUT2D eigenvalue weighted by molar-refractivity contribution is 0.367. The Hall–Kier alpha value is -3.27. The van der Waals surface area contributed by atoms with Gasteiger partial charge in [0.15, 0.2) is 0 Å². The van der Waals surface area contributed by atoms with Gasteiger partial charge in [-0.2, -0.15) is 5.26 Å². The zero-order valence-corrected chi connectivity index (χ0v) is 11.4. The van der Waals surface area contributed by atoms with Crippen LogP contribution in [0.5, 0.6) is 5.88 Å². The smallest absolute Gasteiger partial charge is 0.328 e. The lowest BCUT2D eigenvalue weighted by atomic mass is 9.86. The number of nitrogens with two attached hydrogens (primary N) is 1. The zero-order valence-electron chi connectivity index (χ0n) is 11.4. The highest BCUT2D eigenvalue weighted by Crippen LogP contribution is 2.35. The Morgan fingerprint density at radius 2 is 1.95 bits per heavy atom. The first kappa shape index (κ1) is 13.7. The van der Waals surface area contributed by atoms with Gasteiger partial charge in [0.2, 0.25) is 11.8 Å². The van der Waals surface area contributed by atoms with Crippen molar-refractivity contribution in [1.29, 1.82) is 5.26 Å². The zero-order chi connectivity index (χ0) is 15.7. The van der Waals surface area contributed by atoms with Crippen LogP contribution in [0.1, 0.15) is 17.0 Å². The highest BCUT2D eigenvalue weighted by atomic mass is 16.5. The molecule has 0 aliphatic carbocycles. The predicted octanol–water partition coefficient (Wildman–Crippen LogP) is 0.476. The highest BCUT2D eigenvalue weighted by molar-refractivity contribution is 5.46. The van der Waals surface area contributed by atoms with E-state index in [0.717, 1.165) is 5.56 Å². The molecule has 0 radical (unpaired) electrons. The Morgan fingerprint density at radius 3 is 2.64 bits per heavy atom. The van der Waals surface area contributed by atoms with Gasteiger partial charge in [-0.25, -0.2) is 4.79 Å². The fraction of sp³-hybridized carbons (Fsp3) is 0.133. The second-order valence-corrected chi connectivity index (χ2v) is 4.89. The molecule has 0 amide bonds. The summed E-state index contributed by atoms with van der Waals surface area (Å²) in [6.07, 6.45) is 0.399. The molecule has 1 aliphatic heterocycles. The number of nitrogens with one attached hydrogen (secondary N) is 2. The third-order valence-corrected chi connectivity index (χ3v) is 3.52. The van der Waals surface area contributed by atoms with Gasteiger partial charge < -0.3 is 10.5 Å². The van der Waals surface area contributed by atoms with Crippen LogP contribution in [0.15, 0.2) is 51.4 Å². The van der Waals surface area contributed by atoms with Crippen molar-refractivity contribution in [2.75, 3.05) is 0 Å². The van der Waals surface area contributed by atoms with E-state index in [4.69, 9.17) is 10.5 Å². The molecule has 0 spiro atoms. The van der Waals surface area contributed by atoms with E-state index in [0.29, 0.717) is 6.42 Å². The maximum atomic E-state index is 12.1. The number of ether oxygens (including phenoxy) is 1. The Morgan fingerprint density at radius 1 is 1.23 bits per heavy atom. The molecule has 1 atom stereocenters. The minimum absolute atomic E-state index is 0.00817. The van der Waals surface area contributed by atoms with Crippen molar-refractivity contribution in [3.8, 4) is 11.9 Å². The molecule has 2 heterocycles. The van der Waals surface area contributed by atoms with Crippen LogP contribution in [0, 0.1) is 11.3 Å². The van der Waals surface area contributed by atoms with E-state index < -0.39 is 17.2 Å². The molecule has 2 aromatic rings. The number of aromatic amines is 2. The minimum Gasteiger partial charge on any atom is -0.424 e. The largest absolute Gasteiger partial charge is 0.424 e. The molecule has 1 unspecified atom stereocenters. The SMILES string of the molecule is N#CC1=C(N)Oc2[nH]c(=O)[nH]c(=O)c2C1Cc1ccccc1. The van der Waals surface area contributed by atoms with Crippen LogP contribution < -0.4 is 21.7 Å². The fourth-order valence-electron chi connectivity index (χ4n) is 2.54. The molecule has 0 saturated heterocycles. The van der Waals surface area contributed by atoms with Crippen molar-refractivity contribution < 1.29 is 4.74 Å². The number of rotatable bonds is 2. The first-order valence-corrected chi connectivity index (χ1v) is 6.58. The predicted molar refractivity (Wildman–Crippen MR) is 78.0 cm³/mol. The summed E-state index contributed by atoms with van der Waals surface area (Å²) in [6.45, 7) is 0. The van der Waals surface area contributed by atoms with Gasteiger partial charge in [-0.05, 0) is 12.0 Å². The standard InChI is InChI=1S/C15H12N4O3/c16-7-10-9(6-8-4-2-1-3-5-8)11-13(20)18-15(21)19-14(11)22-12(10)17/h1-5,9H,6,17H2,(H2,18,19,20,21). The summed E-state index contributed by atoms with van der Waals surface area (Å²) in [4.78, 5) is 28.1. The van der Waals surface area contributed by atoms with Crippen molar-refractivity contribution in [3.05, 3.63) is 73.8 Å². The van der Waals surface area contributed by atoms with Crippen molar-refractivity contribution >= 4 is 0 Å². The number of aromatic nitrogens is 2. The maximum absolute atomic E-state index is 12.1. The minimum atomic E-state index is -0.685. The number of hydrogen-bond donors (Lipinski definition) is 3. The van der Waals surface area contributed by atoms with Gasteiger partial charge in [0.25, 0.3) is 5.56 Å². The Bertz CT molecular complexity index is 903. The summed E-state index contributed by atoms with van der Waals surface area (Å²) in [7, 11) is 0. The van der Waals surface area contributed by atoms with Gasteiger partial charge in [0.1, 0.15) is 6.07 Å². The summed E-state index contributed by atoms with van der Waals surface area (Å²) in [6, 6.07) is 11.4. The van der Waals surface area contributed by atoms with Gasteiger partial charge in [-0.3, -0.25) is 14.8 Å². The van der Waals surface area contributed by atoms with Crippen molar-refractivity contribution in [2.24, 2.45) is 5.73 Å². The van der Waals surface area contributed by atoms with Crippen LogP contribution >= 0.6 is 0 Å². The molecule has 1 aromatic heterocycles. The average Bonchev–Trinajstić information content (AvgIpc) is 2.47. The number of benzene rings is 1. The third kappa shape index (κ3) is 2.27. The second-order valence-electron chi connectivity index (χ2n) is 4.89. The van der Waals surface area contributed by atoms with E-state index in [1.807, 2.05) is 36.4 Å². The molecular formula is C15H12N4O3. The first-order valence-electron chi connectivity index (χ1n) is 6.58. The van der Waals surface area contributed by atoms with Gasteiger partial charge in [0, 0.05) is 5.92 Å². The number of fused-ring (bicyclic) bond motifs is 1. The summed E-state index contributed by atoms with van der Waals surface area (Å²) in [5, 5.41) is 9.33. The van der Waals surface area contributed by atoms with E-state index in [1.54, 1.807) is 0 Å². The van der Waals surface area contributed by atoms with Crippen LogP contribution in [0.3, 0.4) is 0 Å². The summed E-state index contributed by atoms with van der Waals surface area (Å²) >= 11 is 0. The molecule has 7 heteroatoms. The van der Waals surface area contributed by atoms with Crippen molar-refractivity contribution in [1.82, 2.24) is 9.97 Å². The Kier molecular flexibility index (Phi) is 3.27. The molecule has 22 heavy (non-hydrogen) atoms. The van der Waals surface area contributed by atoms with Crippen LogP contribution in [-0.4, -0.2) is 9.97 Å². The van der Waals surface area contributed by atoms with Gasteiger partial charge in [-0.1, -0.05) is 30.3 Å². The Balaban J connectivity index is 2.17. The molecule has 7 nitrogen and oxygen atoms in total. The molecule has 1 aliphatic rings. The molecule has 0 fully saturated rings. The van der Waals surface area contributed by atoms with Crippen LogP contribution in [0.2, 0.25) is 0 Å². The third-order valence-electron chi connectivity index (χ3n) is 3.52. The Labute approximate surface area is 124 Å². The maximum Gasteiger partial charge on any atom is 0.328 e. The fourth-order valence-corrected chi connectivity index (χ4v) is 2.54. The first-order chi connectivity index (χ1) is 10.6. The average molecular weight is 296 g/mol. The molecule has 1 aromatic carbocycles. The van der Waals surface area contributed by atoms with E-state index in [-0.39, 0.29) is 22.9 Å². The molecule has 4 N–H and O–H groups in total. The van der Waals surface area contributed by atoms with E-state index in [9.17, 15) is 14.9 Å². The lowest BCUT2D eigenvalue weighted by Crippen LogP contribution is -2.33. The summed E-state index contributed by atoms with van der Waals surface area (Å²) in [5.74, 6) is -0.680. The van der Waals surface area contributed by atoms with E-state index in [2.05, 4.69) is 9.97 Å². The van der Waals surface area contributed by atoms with Gasteiger partial charge >= 0.3 is 5.69 Å². The molecule has 110 valence electrons. The second kappa shape index (κ2) is 5.26. The van der Waals surface area contributed by atoms with Crippen LogP contribution in [0.25, 0.3) is 0 Å². The highest BCUT2D eigenvalue weighted by Gasteiger charge is 2.32. The van der Waals surface area contributed by atoms with E-state index in [1.165, 1.54) is 0 Å². The van der Waals surface area contributed by atoms with Gasteiger partial charge in [0.05, 0.1) is 11.1 Å². The lowest BCUT2D eigenvalue weighted by Gasteiger charge is -2.24. The van der Waals surface area contributed by atoms with E-state index >= 15 is 0 Å². The monoisotopic (exact) mass is 296 g/mol. The molecule has 0 bridgehead atoms. The van der Waals surface area contributed by atoms with Crippen LogP contribution in [-0.2, 0) is 6.42 Å². The molecule has 3 rings (SSSR count). The van der Waals surface area contributed by atoms with Crippen molar-refractivity contribution in [2.45, 2.75) is 12.3 Å². The summed E-state index contributed by atoms with van der Waals surface area (Å²) < 4.78 is 5.22. The van der Waals surface area contributed by atoms with Gasteiger partial charge in [-0.15, -0.1) is 0 Å².